The highest BCUT2D eigenvalue weighted by Crippen LogP contribution is 2.75. The molecule has 0 aromatic carbocycles. The van der Waals surface area contributed by atoms with Crippen LogP contribution < -0.4 is 0 Å². The third-order valence-corrected chi connectivity index (χ3v) is 13.0. The van der Waals surface area contributed by atoms with Crippen LogP contribution in [0.2, 0.25) is 0 Å². The molecule has 3 heterocycles. The van der Waals surface area contributed by atoms with Gasteiger partial charge >= 0.3 is 0 Å². The van der Waals surface area contributed by atoms with Gasteiger partial charge in [-0.3, -0.25) is 14.5 Å². The third kappa shape index (κ3) is 1.85. The fourth-order valence-electron chi connectivity index (χ4n) is 8.46. The lowest BCUT2D eigenvalue weighted by molar-refractivity contribution is -0.139. The first-order chi connectivity index (χ1) is 14.7. The number of carbonyl (C=O) groups excluding carboxylic acids is 2. The summed E-state index contributed by atoms with van der Waals surface area (Å²) < 4.78 is 0.0233. The summed E-state index contributed by atoms with van der Waals surface area (Å²) in [7, 11) is 0. The summed E-state index contributed by atoms with van der Waals surface area (Å²) in [4.78, 5) is 31.6. The molecule has 0 aromatic heterocycles. The minimum Gasteiger partial charge on any atom is -0.282 e. The molecule has 2 amide bonds. The standard InChI is InChI=1S/C26H29NO2S2/c1-6-27-23(28)19-15-9-7-13-11(2)30-25(4)21(13)17(15)18-16(20(19)24(27)29)10-8-14-12(3)31-26(25,5)22(14)18/h15-16,19-20H,6-10H2,1-5H3/t15-,16+,19+,20-,25-,26-/m1/s1. The molecule has 162 valence electrons. The first kappa shape index (κ1) is 19.3. The predicted octanol–water partition coefficient (Wildman–Crippen LogP) is 5.61. The van der Waals surface area contributed by atoms with Gasteiger partial charge in [-0.05, 0) is 115 Å². The Balaban J connectivity index is 1.59. The normalized spacial score (nSPS) is 44.7. The first-order valence-corrected chi connectivity index (χ1v) is 13.5. The molecule has 0 aromatic rings. The molecule has 1 saturated carbocycles. The molecule has 2 fully saturated rings. The SMILES string of the molecule is CCN1C(=O)[C@@H]2[C@H](C1=O)[C@H]1CCC3=C(C)S[C@]4(C)C3=C1C1=C3C(=C(C)S[C@]34C)CC[C@H]12. The fourth-order valence-corrected chi connectivity index (χ4v) is 11.9. The number of hydrogen-bond donors (Lipinski definition) is 0. The topological polar surface area (TPSA) is 37.4 Å². The number of nitrogens with zero attached hydrogens (tertiary/aromatic N) is 1. The van der Waals surface area contributed by atoms with Gasteiger partial charge in [-0.25, -0.2) is 0 Å². The van der Waals surface area contributed by atoms with Crippen molar-refractivity contribution >= 4 is 35.3 Å². The minimum absolute atomic E-state index is 0.0117. The van der Waals surface area contributed by atoms with Gasteiger partial charge in [-0.2, -0.15) is 0 Å². The molecule has 6 atom stereocenters. The van der Waals surface area contributed by atoms with Gasteiger partial charge in [0, 0.05) is 6.54 Å². The lowest BCUT2D eigenvalue weighted by atomic mass is 9.50. The van der Waals surface area contributed by atoms with E-state index >= 15 is 0 Å². The zero-order valence-corrected chi connectivity index (χ0v) is 20.6. The fraction of sp³-hybridized carbons (Fsp3) is 0.615. The molecule has 3 nitrogen and oxygen atoms in total. The van der Waals surface area contributed by atoms with Crippen molar-refractivity contribution < 1.29 is 9.59 Å². The van der Waals surface area contributed by atoms with Gasteiger partial charge in [0.05, 0.1) is 21.3 Å². The van der Waals surface area contributed by atoms with E-state index in [1.807, 2.05) is 6.92 Å². The Morgan fingerprint density at radius 3 is 1.65 bits per heavy atom. The van der Waals surface area contributed by atoms with Crippen molar-refractivity contribution in [2.75, 3.05) is 6.54 Å². The molecule has 0 N–H and O–H groups in total. The van der Waals surface area contributed by atoms with E-state index in [9.17, 15) is 9.59 Å². The quantitative estimate of drug-likeness (QED) is 0.486. The second kappa shape index (κ2) is 5.64. The Morgan fingerprint density at radius 1 is 0.839 bits per heavy atom. The molecule has 4 aliphatic carbocycles. The van der Waals surface area contributed by atoms with Gasteiger partial charge in [0.25, 0.3) is 0 Å². The van der Waals surface area contributed by atoms with Crippen molar-refractivity contribution in [2.45, 2.75) is 69.8 Å². The van der Waals surface area contributed by atoms with E-state index in [1.165, 1.54) is 21.0 Å². The van der Waals surface area contributed by atoms with Gasteiger partial charge in [0.2, 0.25) is 11.8 Å². The molecule has 7 aliphatic rings. The summed E-state index contributed by atoms with van der Waals surface area (Å²) in [6.45, 7) is 12.0. The molecular weight excluding hydrogens is 422 g/mol. The van der Waals surface area contributed by atoms with Crippen LogP contribution in [0.5, 0.6) is 0 Å². The van der Waals surface area contributed by atoms with Crippen LogP contribution >= 0.6 is 23.5 Å². The number of allylic oxidation sites excluding steroid dienone is 6. The van der Waals surface area contributed by atoms with Crippen molar-refractivity contribution in [1.29, 1.82) is 0 Å². The number of fused-ring (bicyclic) bond motifs is 4. The largest absolute Gasteiger partial charge is 0.282 e. The lowest BCUT2D eigenvalue weighted by Crippen LogP contribution is -2.54. The monoisotopic (exact) mass is 451 g/mol. The number of hydrogen-bond acceptors (Lipinski definition) is 4. The second-order valence-electron chi connectivity index (χ2n) is 10.7. The van der Waals surface area contributed by atoms with Crippen LogP contribution in [0, 0.1) is 23.7 Å². The molecule has 31 heavy (non-hydrogen) atoms. The Morgan fingerprint density at radius 2 is 1.26 bits per heavy atom. The zero-order chi connectivity index (χ0) is 21.6. The lowest BCUT2D eigenvalue weighted by Gasteiger charge is -2.56. The summed E-state index contributed by atoms with van der Waals surface area (Å²) in [6, 6.07) is 0. The maximum Gasteiger partial charge on any atom is 0.233 e. The Kier molecular flexibility index (Phi) is 3.51. The van der Waals surface area contributed by atoms with Gasteiger partial charge in [-0.15, -0.1) is 23.5 Å². The molecule has 3 aliphatic heterocycles. The van der Waals surface area contributed by atoms with Crippen LogP contribution in [0.4, 0.5) is 0 Å². The van der Waals surface area contributed by atoms with E-state index in [1.54, 1.807) is 27.2 Å². The summed E-state index contributed by atoms with van der Waals surface area (Å²) in [5.74, 6) is 0.398. The second-order valence-corrected chi connectivity index (χ2v) is 13.9. The first-order valence-electron chi connectivity index (χ1n) is 11.9. The zero-order valence-electron chi connectivity index (χ0n) is 18.9. The van der Waals surface area contributed by atoms with Crippen molar-refractivity contribution in [3.05, 3.63) is 43.2 Å². The van der Waals surface area contributed by atoms with Gasteiger partial charge < -0.3 is 0 Å². The molecule has 0 radical (unpaired) electrons. The molecule has 0 spiro atoms. The van der Waals surface area contributed by atoms with E-state index in [0.717, 1.165) is 25.7 Å². The van der Waals surface area contributed by atoms with E-state index in [-0.39, 0.29) is 45.0 Å². The van der Waals surface area contributed by atoms with E-state index in [0.29, 0.717) is 6.54 Å². The maximum absolute atomic E-state index is 13.5. The highest BCUT2D eigenvalue weighted by Gasteiger charge is 2.68. The van der Waals surface area contributed by atoms with E-state index in [4.69, 9.17) is 0 Å². The minimum atomic E-state index is -0.133. The Bertz CT molecular complexity index is 1070. The van der Waals surface area contributed by atoms with Crippen LogP contribution in [-0.2, 0) is 9.59 Å². The summed E-state index contributed by atoms with van der Waals surface area (Å²) >= 11 is 4.16. The summed E-state index contributed by atoms with van der Waals surface area (Å²) in [6.07, 6.45) is 4.15. The van der Waals surface area contributed by atoms with Crippen LogP contribution in [0.15, 0.2) is 43.2 Å². The number of likely N-dealkylation sites (tertiary alicyclic amines) is 1. The van der Waals surface area contributed by atoms with Crippen molar-refractivity contribution in [3.63, 3.8) is 0 Å². The third-order valence-electron chi connectivity index (χ3n) is 9.69. The van der Waals surface area contributed by atoms with Gasteiger partial charge in [0.15, 0.2) is 0 Å². The Labute approximate surface area is 192 Å². The molecular formula is C26H29NO2S2. The number of rotatable bonds is 1. The van der Waals surface area contributed by atoms with Crippen LogP contribution in [0.25, 0.3) is 0 Å². The van der Waals surface area contributed by atoms with Crippen molar-refractivity contribution in [2.24, 2.45) is 23.7 Å². The highest BCUT2D eigenvalue weighted by molar-refractivity contribution is 8.09. The molecule has 0 unspecified atom stereocenters. The number of imide groups is 1. The average molecular weight is 452 g/mol. The van der Waals surface area contributed by atoms with Gasteiger partial charge in [-0.1, -0.05) is 0 Å². The highest BCUT2D eigenvalue weighted by atomic mass is 32.2. The van der Waals surface area contributed by atoms with Crippen molar-refractivity contribution in [3.8, 4) is 0 Å². The molecule has 1 saturated heterocycles. The van der Waals surface area contributed by atoms with E-state index < -0.39 is 0 Å². The average Bonchev–Trinajstić information content (AvgIpc) is 3.28. The predicted molar refractivity (Wildman–Crippen MR) is 126 cm³/mol. The summed E-state index contributed by atoms with van der Waals surface area (Å²) in [5, 5.41) is 0. The van der Waals surface area contributed by atoms with Crippen molar-refractivity contribution in [1.82, 2.24) is 4.90 Å². The number of carbonyl (C=O) groups is 2. The molecule has 0 bridgehead atoms. The smallest absolute Gasteiger partial charge is 0.233 e. The van der Waals surface area contributed by atoms with Crippen LogP contribution in [0.1, 0.15) is 60.3 Å². The summed E-state index contributed by atoms with van der Waals surface area (Å²) in [5.41, 5.74) is 9.27. The van der Waals surface area contributed by atoms with Crippen LogP contribution in [-0.4, -0.2) is 32.8 Å². The number of amides is 2. The Hall–Kier alpha value is -1.20. The number of thioether (sulfide) groups is 2. The van der Waals surface area contributed by atoms with E-state index in [2.05, 4.69) is 51.2 Å². The molecule has 7 rings (SSSR count). The molecule has 5 heteroatoms. The van der Waals surface area contributed by atoms with Crippen LogP contribution in [0.3, 0.4) is 0 Å². The van der Waals surface area contributed by atoms with Gasteiger partial charge in [0.1, 0.15) is 0 Å². The maximum atomic E-state index is 13.5.